The Morgan fingerprint density at radius 3 is 2.10 bits per heavy atom. The molecule has 1 amide bonds. The molecule has 1 aliphatic carbocycles. The highest BCUT2D eigenvalue weighted by Gasteiger charge is 2.30. The van der Waals surface area contributed by atoms with E-state index in [9.17, 15) is 13.2 Å². The monoisotopic (exact) mass is 429 g/mol. The molecule has 3 N–H and O–H groups in total. The van der Waals surface area contributed by atoms with Crippen molar-refractivity contribution in [3.8, 4) is 0 Å². The van der Waals surface area contributed by atoms with Gasteiger partial charge in [-0.15, -0.1) is 0 Å². The highest BCUT2D eigenvalue weighted by atomic mass is 32.2. The predicted molar refractivity (Wildman–Crippen MR) is 118 cm³/mol. The molecule has 6 nitrogen and oxygen atoms in total. The molecule has 3 rings (SSSR count). The molecule has 1 aliphatic rings. The molecular weight excluding hydrogens is 398 g/mol. The van der Waals surface area contributed by atoms with Gasteiger partial charge in [-0.05, 0) is 54.5 Å². The van der Waals surface area contributed by atoms with Crippen molar-refractivity contribution in [2.24, 2.45) is 5.14 Å². The van der Waals surface area contributed by atoms with E-state index in [2.05, 4.69) is 48.3 Å². The van der Waals surface area contributed by atoms with Crippen molar-refractivity contribution in [2.45, 2.75) is 63.1 Å². The first kappa shape index (κ1) is 22.5. The van der Waals surface area contributed by atoms with Crippen LogP contribution in [0.15, 0.2) is 53.4 Å². The lowest BCUT2D eigenvalue weighted by Crippen LogP contribution is -2.39. The van der Waals surface area contributed by atoms with E-state index in [-0.39, 0.29) is 16.8 Å². The number of carbonyl (C=O) groups is 1. The Labute approximate surface area is 179 Å². The maximum Gasteiger partial charge on any atom is 0.238 e. The Hall–Kier alpha value is -2.22. The summed E-state index contributed by atoms with van der Waals surface area (Å²) in [4.78, 5) is 15.0. The third kappa shape index (κ3) is 6.14. The molecule has 0 aliphatic heterocycles. The van der Waals surface area contributed by atoms with Crippen LogP contribution in [0.1, 0.15) is 62.3 Å². The minimum Gasteiger partial charge on any atom is -0.348 e. The van der Waals surface area contributed by atoms with Crippen molar-refractivity contribution in [1.82, 2.24) is 10.2 Å². The molecule has 0 unspecified atom stereocenters. The zero-order valence-corrected chi connectivity index (χ0v) is 18.7. The van der Waals surface area contributed by atoms with Crippen LogP contribution in [0.2, 0.25) is 0 Å². The molecule has 0 aromatic heterocycles. The van der Waals surface area contributed by atoms with Gasteiger partial charge in [-0.1, -0.05) is 50.2 Å². The van der Waals surface area contributed by atoms with Crippen LogP contribution in [-0.2, 0) is 21.4 Å². The first-order valence-corrected chi connectivity index (χ1v) is 11.9. The summed E-state index contributed by atoms with van der Waals surface area (Å²) in [6, 6.07) is 15.2. The minimum atomic E-state index is -3.72. The van der Waals surface area contributed by atoms with E-state index in [0.717, 1.165) is 24.9 Å². The van der Waals surface area contributed by atoms with Crippen molar-refractivity contribution in [3.05, 3.63) is 65.2 Å². The number of hydrogen-bond donors (Lipinski definition) is 2. The molecule has 0 saturated heterocycles. The van der Waals surface area contributed by atoms with Gasteiger partial charge in [0.2, 0.25) is 15.9 Å². The summed E-state index contributed by atoms with van der Waals surface area (Å²) in [6.07, 6.45) is 2.25. The van der Waals surface area contributed by atoms with E-state index in [0.29, 0.717) is 18.5 Å². The van der Waals surface area contributed by atoms with Crippen molar-refractivity contribution < 1.29 is 13.2 Å². The molecule has 7 heteroatoms. The van der Waals surface area contributed by atoms with E-state index < -0.39 is 10.0 Å². The van der Waals surface area contributed by atoms with E-state index in [4.69, 9.17) is 5.14 Å². The number of nitrogens with zero attached hydrogens (tertiary/aromatic N) is 1. The topological polar surface area (TPSA) is 92.5 Å². The summed E-state index contributed by atoms with van der Waals surface area (Å²) < 4.78 is 22.8. The molecular formula is C23H31N3O3S. The van der Waals surface area contributed by atoms with Crippen molar-refractivity contribution in [2.75, 3.05) is 6.54 Å². The van der Waals surface area contributed by atoms with Crippen LogP contribution in [0.5, 0.6) is 0 Å². The highest BCUT2D eigenvalue weighted by Crippen LogP contribution is 2.28. The van der Waals surface area contributed by atoms with Gasteiger partial charge in [0.1, 0.15) is 0 Å². The number of carbonyl (C=O) groups excluding carboxylic acids is 1. The maximum absolute atomic E-state index is 12.7. The standard InChI is InChI=1S/C23H31N3O3S/c1-16(2)19-6-4-18(5-7-19)14-26(21-10-11-21)15-23(27)25-17(3)20-8-12-22(13-9-20)30(24,28)29/h4-9,12-13,16-17,21H,10-11,14-15H2,1-3H3,(H,25,27)(H2,24,28,29)/t17-/m1/s1. The van der Waals surface area contributed by atoms with Gasteiger partial charge in [0.25, 0.3) is 0 Å². The molecule has 1 saturated carbocycles. The third-order valence-corrected chi connectivity index (χ3v) is 6.46. The molecule has 1 fully saturated rings. The van der Waals surface area contributed by atoms with E-state index in [1.54, 1.807) is 12.1 Å². The number of primary sulfonamides is 1. The Morgan fingerprint density at radius 2 is 1.60 bits per heavy atom. The summed E-state index contributed by atoms with van der Waals surface area (Å²) in [7, 11) is -3.72. The normalized spacial score (nSPS) is 15.4. The average Bonchev–Trinajstić information content (AvgIpc) is 3.52. The fourth-order valence-corrected chi connectivity index (χ4v) is 4.01. The van der Waals surface area contributed by atoms with Crippen LogP contribution < -0.4 is 10.5 Å². The fourth-order valence-electron chi connectivity index (χ4n) is 3.50. The van der Waals surface area contributed by atoms with E-state index >= 15 is 0 Å². The summed E-state index contributed by atoms with van der Waals surface area (Å²) in [5, 5.41) is 8.15. The Morgan fingerprint density at radius 1 is 1.03 bits per heavy atom. The van der Waals surface area contributed by atoms with Crippen LogP contribution in [0.4, 0.5) is 0 Å². The lowest BCUT2D eigenvalue weighted by atomic mass is 10.0. The zero-order valence-electron chi connectivity index (χ0n) is 17.8. The fraction of sp³-hybridized carbons (Fsp3) is 0.435. The minimum absolute atomic E-state index is 0.0382. The second-order valence-corrected chi connectivity index (χ2v) is 10.00. The summed E-state index contributed by atoms with van der Waals surface area (Å²) in [6.45, 7) is 7.35. The Bertz CT molecular complexity index is 966. The van der Waals surface area contributed by atoms with Gasteiger partial charge in [-0.25, -0.2) is 13.6 Å². The molecule has 2 aromatic rings. The summed E-state index contributed by atoms with van der Waals surface area (Å²) >= 11 is 0. The summed E-state index contributed by atoms with van der Waals surface area (Å²) in [5.74, 6) is 0.466. The number of nitrogens with one attached hydrogen (secondary N) is 1. The number of sulfonamides is 1. The van der Waals surface area contributed by atoms with Crippen molar-refractivity contribution in [3.63, 3.8) is 0 Å². The number of rotatable bonds is 9. The average molecular weight is 430 g/mol. The SMILES string of the molecule is CC(C)c1ccc(CN(CC(=O)N[C@H](C)c2ccc(S(N)(=O)=O)cc2)C2CC2)cc1. The molecule has 1 atom stereocenters. The van der Waals surface area contributed by atoms with Gasteiger partial charge >= 0.3 is 0 Å². The summed E-state index contributed by atoms with van der Waals surface area (Å²) in [5.41, 5.74) is 3.36. The third-order valence-electron chi connectivity index (χ3n) is 5.53. The predicted octanol–water partition coefficient (Wildman–Crippen LogP) is 3.30. The largest absolute Gasteiger partial charge is 0.348 e. The maximum atomic E-state index is 12.7. The van der Waals surface area contributed by atoms with Crippen LogP contribution in [0.3, 0.4) is 0 Å². The lowest BCUT2D eigenvalue weighted by molar-refractivity contribution is -0.123. The van der Waals surface area contributed by atoms with Gasteiger partial charge in [0.15, 0.2) is 0 Å². The molecule has 0 radical (unpaired) electrons. The van der Waals surface area contributed by atoms with Crippen molar-refractivity contribution >= 4 is 15.9 Å². The first-order valence-electron chi connectivity index (χ1n) is 10.4. The number of benzene rings is 2. The molecule has 0 heterocycles. The molecule has 0 spiro atoms. The van der Waals surface area contributed by atoms with Crippen molar-refractivity contribution in [1.29, 1.82) is 0 Å². The lowest BCUT2D eigenvalue weighted by Gasteiger charge is -2.23. The van der Waals surface area contributed by atoms with Crippen LogP contribution in [0.25, 0.3) is 0 Å². The smallest absolute Gasteiger partial charge is 0.238 e. The molecule has 30 heavy (non-hydrogen) atoms. The molecule has 162 valence electrons. The zero-order chi connectivity index (χ0) is 21.9. The van der Waals surface area contributed by atoms with E-state index in [1.807, 2.05) is 6.92 Å². The van der Waals surface area contributed by atoms with Crippen LogP contribution in [0, 0.1) is 0 Å². The number of hydrogen-bond acceptors (Lipinski definition) is 4. The quantitative estimate of drug-likeness (QED) is 0.640. The second-order valence-electron chi connectivity index (χ2n) is 8.44. The van der Waals surface area contributed by atoms with Gasteiger partial charge in [-0.3, -0.25) is 9.69 Å². The van der Waals surface area contributed by atoms with E-state index in [1.165, 1.54) is 23.3 Å². The molecule has 2 aromatic carbocycles. The van der Waals surface area contributed by atoms with Crippen LogP contribution in [-0.4, -0.2) is 31.8 Å². The second kappa shape index (κ2) is 9.29. The Kier molecular flexibility index (Phi) is 6.95. The molecule has 0 bridgehead atoms. The van der Waals surface area contributed by atoms with Gasteiger partial charge < -0.3 is 5.32 Å². The van der Waals surface area contributed by atoms with Crippen LogP contribution >= 0.6 is 0 Å². The number of nitrogens with two attached hydrogens (primary N) is 1. The van der Waals surface area contributed by atoms with Gasteiger partial charge in [0.05, 0.1) is 17.5 Å². The Balaban J connectivity index is 1.58. The first-order chi connectivity index (χ1) is 14.1. The number of amides is 1. The van der Waals surface area contributed by atoms with Gasteiger partial charge in [0, 0.05) is 12.6 Å². The van der Waals surface area contributed by atoms with Gasteiger partial charge in [-0.2, -0.15) is 0 Å². The highest BCUT2D eigenvalue weighted by molar-refractivity contribution is 7.89.